The van der Waals surface area contributed by atoms with E-state index in [4.69, 9.17) is 13.6 Å². The molecule has 0 saturated carbocycles. The Morgan fingerprint density at radius 2 is 2.04 bits per heavy atom. The molecule has 3 heterocycles. The minimum absolute atomic E-state index is 0.211. The van der Waals surface area contributed by atoms with Crippen LogP contribution in [0, 0.1) is 13.0 Å². The summed E-state index contributed by atoms with van der Waals surface area (Å²) in [5.41, 5.74) is 1.56. The molecule has 5 heteroatoms. The number of benzene rings is 1. The number of hydrogen-bond donors (Lipinski definition) is 0. The smallest absolute Gasteiger partial charge is 0.344 e. The lowest BCUT2D eigenvalue weighted by Gasteiger charge is -2.22. The first-order chi connectivity index (χ1) is 13.0. The molecule has 0 fully saturated rings. The molecule has 1 aliphatic heterocycles. The maximum atomic E-state index is 12.9. The maximum absolute atomic E-state index is 12.9. The minimum atomic E-state index is -0.607. The Bertz CT molecular complexity index is 1220. The molecule has 2 aromatic heterocycles. The van der Waals surface area contributed by atoms with Crippen LogP contribution in [0.25, 0.3) is 28.0 Å². The Labute approximate surface area is 155 Å². The van der Waals surface area contributed by atoms with Gasteiger partial charge in [0.2, 0.25) is 0 Å². The first kappa shape index (κ1) is 17.3. The second kappa shape index (κ2) is 6.58. The Morgan fingerprint density at radius 1 is 1.22 bits per heavy atom. The summed E-state index contributed by atoms with van der Waals surface area (Å²) in [4.78, 5) is 25.0. The van der Waals surface area contributed by atoms with Crippen LogP contribution in [-0.4, -0.2) is 6.10 Å². The third-order valence-corrected chi connectivity index (χ3v) is 4.67. The van der Waals surface area contributed by atoms with Crippen LogP contribution in [-0.2, 0) is 6.42 Å². The highest BCUT2D eigenvalue weighted by Gasteiger charge is 2.26. The van der Waals surface area contributed by atoms with Crippen LogP contribution in [0.3, 0.4) is 0 Å². The summed E-state index contributed by atoms with van der Waals surface area (Å²) >= 11 is 0. The lowest BCUT2D eigenvalue weighted by molar-refractivity contribution is 0.295. The van der Waals surface area contributed by atoms with E-state index < -0.39 is 5.63 Å². The summed E-state index contributed by atoms with van der Waals surface area (Å²) in [5, 5.41) is 0.889. The van der Waals surface area contributed by atoms with E-state index in [2.05, 4.69) is 6.07 Å². The van der Waals surface area contributed by atoms with E-state index in [1.54, 1.807) is 6.92 Å². The molecule has 1 atom stereocenters. The van der Waals surface area contributed by atoms with E-state index in [0.717, 1.165) is 6.42 Å². The fourth-order valence-electron chi connectivity index (χ4n) is 3.48. The highest BCUT2D eigenvalue weighted by molar-refractivity contribution is 6.10. The van der Waals surface area contributed by atoms with Crippen LogP contribution >= 0.6 is 0 Å². The zero-order chi connectivity index (χ0) is 19.1. The lowest BCUT2D eigenvalue weighted by Crippen LogP contribution is -2.17. The highest BCUT2D eigenvalue weighted by Crippen LogP contribution is 2.41. The fourth-order valence-corrected chi connectivity index (χ4v) is 3.48. The van der Waals surface area contributed by atoms with E-state index in [9.17, 15) is 9.59 Å². The molecule has 0 saturated heterocycles. The topological polar surface area (TPSA) is 69.7 Å². The molecule has 0 amide bonds. The molecule has 1 unspecified atom stereocenters. The van der Waals surface area contributed by atoms with Gasteiger partial charge in [-0.1, -0.05) is 19.4 Å². The number of hydrogen-bond acceptors (Lipinski definition) is 5. The third-order valence-electron chi connectivity index (χ3n) is 4.67. The molecule has 137 valence electrons. The van der Waals surface area contributed by atoms with E-state index in [0.29, 0.717) is 39.8 Å². The summed E-state index contributed by atoms with van der Waals surface area (Å²) in [6.45, 7) is 5.61. The zero-order valence-corrected chi connectivity index (χ0v) is 15.4. The van der Waals surface area contributed by atoms with Crippen molar-refractivity contribution in [1.29, 1.82) is 0 Å². The van der Waals surface area contributed by atoms with Gasteiger partial charge in [0.05, 0.1) is 23.3 Å². The van der Waals surface area contributed by atoms with E-state index in [-0.39, 0.29) is 22.5 Å². The molecule has 27 heavy (non-hydrogen) atoms. The van der Waals surface area contributed by atoms with Crippen molar-refractivity contribution >= 4 is 28.0 Å². The largest absolute Gasteiger partial charge is 0.481 e. The fraction of sp³-hybridized carbons (Fsp3) is 0.273. The van der Waals surface area contributed by atoms with Gasteiger partial charge < -0.3 is 13.6 Å². The molecule has 1 aromatic carbocycles. The number of rotatable bonds is 3. The molecule has 1 aliphatic rings. The Balaban J connectivity index is 2.24. The van der Waals surface area contributed by atoms with Gasteiger partial charge in [-0.3, -0.25) is 4.79 Å². The van der Waals surface area contributed by atoms with Gasteiger partial charge in [0.15, 0.2) is 16.6 Å². The van der Waals surface area contributed by atoms with Crippen molar-refractivity contribution in [3.63, 3.8) is 0 Å². The standard InChI is InChI=1S/C22H19O5/c1-4-6-13-10-16(23)27-22-17(13)21-15(9-8-14(26-21)7-5-2)20-18(22)19(24)12(3)11-25-20/h5,7-9,11,14H,4,6H2,1-3H3. The zero-order valence-electron chi connectivity index (χ0n) is 15.4. The van der Waals surface area contributed by atoms with E-state index in [1.165, 1.54) is 6.26 Å². The Hall–Kier alpha value is -3.08. The van der Waals surface area contributed by atoms with Gasteiger partial charge in [0.1, 0.15) is 17.2 Å². The molecular formula is C22H19O5. The van der Waals surface area contributed by atoms with Crippen molar-refractivity contribution in [2.45, 2.75) is 39.7 Å². The van der Waals surface area contributed by atoms with Crippen molar-refractivity contribution < 1.29 is 13.6 Å². The van der Waals surface area contributed by atoms with E-state index >= 15 is 0 Å². The van der Waals surface area contributed by atoms with Crippen LogP contribution in [0.4, 0.5) is 0 Å². The predicted molar refractivity (Wildman–Crippen MR) is 104 cm³/mol. The van der Waals surface area contributed by atoms with Crippen LogP contribution in [0.5, 0.6) is 5.75 Å². The normalized spacial score (nSPS) is 16.2. The first-order valence-electron chi connectivity index (χ1n) is 8.99. The average Bonchev–Trinajstić information content (AvgIpc) is 2.64. The Morgan fingerprint density at radius 3 is 2.78 bits per heavy atom. The van der Waals surface area contributed by atoms with Crippen molar-refractivity contribution in [3.8, 4) is 5.75 Å². The van der Waals surface area contributed by atoms with Gasteiger partial charge in [0, 0.05) is 5.56 Å². The molecule has 3 aromatic rings. The molecule has 5 nitrogen and oxygen atoms in total. The number of aryl methyl sites for hydroxylation is 2. The van der Waals surface area contributed by atoms with Crippen LogP contribution < -0.4 is 15.8 Å². The molecule has 0 N–H and O–H groups in total. The summed E-state index contributed by atoms with van der Waals surface area (Å²) in [5.74, 6) is 0.554. The highest BCUT2D eigenvalue weighted by atomic mass is 16.5. The average molecular weight is 363 g/mol. The second-order valence-electron chi connectivity index (χ2n) is 6.61. The maximum Gasteiger partial charge on any atom is 0.344 e. The summed E-state index contributed by atoms with van der Waals surface area (Å²) in [6, 6.07) is 2.77. The molecule has 1 radical (unpaired) electrons. The van der Waals surface area contributed by atoms with Crippen molar-refractivity contribution in [2.24, 2.45) is 0 Å². The molecule has 4 rings (SSSR count). The number of allylic oxidation sites excluding steroid dienone is 1. The van der Waals surface area contributed by atoms with Crippen molar-refractivity contribution in [1.82, 2.24) is 0 Å². The number of ether oxygens (including phenoxy) is 1. The van der Waals surface area contributed by atoms with Gasteiger partial charge in [-0.05, 0) is 44.1 Å². The van der Waals surface area contributed by atoms with E-state index in [1.807, 2.05) is 38.2 Å². The molecule has 0 aliphatic carbocycles. The summed E-state index contributed by atoms with van der Waals surface area (Å²) in [7, 11) is 0. The van der Waals surface area contributed by atoms with Gasteiger partial charge >= 0.3 is 5.63 Å². The predicted octanol–water partition coefficient (Wildman–Crippen LogP) is 4.31. The van der Waals surface area contributed by atoms with Gasteiger partial charge in [-0.2, -0.15) is 0 Å². The van der Waals surface area contributed by atoms with Crippen LogP contribution in [0.1, 0.15) is 37.0 Å². The van der Waals surface area contributed by atoms with Crippen molar-refractivity contribution in [3.05, 3.63) is 67.9 Å². The van der Waals surface area contributed by atoms with Gasteiger partial charge in [-0.25, -0.2) is 4.79 Å². The first-order valence-corrected chi connectivity index (χ1v) is 8.99. The van der Waals surface area contributed by atoms with Crippen LogP contribution in [0.2, 0.25) is 0 Å². The third kappa shape index (κ3) is 2.70. The molecule has 0 bridgehead atoms. The minimum Gasteiger partial charge on any atom is -0.481 e. The Kier molecular flexibility index (Phi) is 4.22. The van der Waals surface area contributed by atoms with Crippen LogP contribution in [0.15, 0.2) is 42.9 Å². The van der Waals surface area contributed by atoms with Gasteiger partial charge in [-0.15, -0.1) is 0 Å². The summed E-state index contributed by atoms with van der Waals surface area (Å²) in [6.07, 6.45) is 10.2. The van der Waals surface area contributed by atoms with Gasteiger partial charge in [0.25, 0.3) is 0 Å². The van der Waals surface area contributed by atoms with Crippen molar-refractivity contribution in [2.75, 3.05) is 0 Å². The second-order valence-corrected chi connectivity index (χ2v) is 6.61. The quantitative estimate of drug-likeness (QED) is 0.394. The lowest BCUT2D eigenvalue weighted by atomic mass is 9.96. The monoisotopic (exact) mass is 363 g/mol. The molecular weight excluding hydrogens is 344 g/mol. The molecule has 0 spiro atoms. The SMILES string of the molecule is CC=CC1C=Cc2c(c3c(CCC)[c]c(=O)oc3c3c(=O)c(C)coc23)O1. The summed E-state index contributed by atoms with van der Waals surface area (Å²) < 4.78 is 17.4. The number of fused-ring (bicyclic) bond motifs is 6.